The lowest BCUT2D eigenvalue weighted by Crippen LogP contribution is -2.34. The van der Waals surface area contributed by atoms with E-state index in [1.54, 1.807) is 6.20 Å². The SMILES string of the molecule is Cc1cc2[nH]ncc2cc1-c1ccc(/C(=C/N)N(N)CC2CCCC2)cc1. The van der Waals surface area contributed by atoms with Crippen LogP contribution in [0.2, 0.25) is 0 Å². The van der Waals surface area contributed by atoms with E-state index in [4.69, 9.17) is 11.6 Å². The van der Waals surface area contributed by atoms with Crippen LogP contribution in [0.4, 0.5) is 0 Å². The summed E-state index contributed by atoms with van der Waals surface area (Å²) in [6, 6.07) is 12.8. The lowest BCUT2D eigenvalue weighted by molar-refractivity contribution is 0.334. The van der Waals surface area contributed by atoms with Gasteiger partial charge in [0.2, 0.25) is 0 Å². The maximum Gasteiger partial charge on any atom is 0.0744 e. The number of aryl methyl sites for hydroxylation is 1. The quantitative estimate of drug-likeness (QED) is 0.470. The van der Waals surface area contributed by atoms with Crippen molar-refractivity contribution in [3.05, 3.63) is 59.9 Å². The van der Waals surface area contributed by atoms with E-state index < -0.39 is 0 Å². The van der Waals surface area contributed by atoms with Gasteiger partial charge in [0.15, 0.2) is 0 Å². The summed E-state index contributed by atoms with van der Waals surface area (Å²) in [5, 5.41) is 10.1. The van der Waals surface area contributed by atoms with Crippen molar-refractivity contribution in [3.63, 3.8) is 0 Å². The molecule has 0 aliphatic heterocycles. The van der Waals surface area contributed by atoms with Crippen molar-refractivity contribution in [2.75, 3.05) is 6.54 Å². The summed E-state index contributed by atoms with van der Waals surface area (Å²) in [6.45, 7) is 2.99. The number of fused-ring (bicyclic) bond motifs is 1. The Labute approximate surface area is 160 Å². The van der Waals surface area contributed by atoms with Crippen molar-refractivity contribution in [3.8, 4) is 11.1 Å². The zero-order valence-electron chi connectivity index (χ0n) is 15.8. The Morgan fingerprint density at radius 1 is 1.22 bits per heavy atom. The van der Waals surface area contributed by atoms with Crippen molar-refractivity contribution in [1.29, 1.82) is 0 Å². The second-order valence-electron chi connectivity index (χ2n) is 7.56. The monoisotopic (exact) mass is 361 g/mol. The molecule has 27 heavy (non-hydrogen) atoms. The third-order valence-corrected chi connectivity index (χ3v) is 5.67. The summed E-state index contributed by atoms with van der Waals surface area (Å²) in [6.07, 6.45) is 8.63. The molecule has 0 bridgehead atoms. The maximum absolute atomic E-state index is 6.34. The van der Waals surface area contributed by atoms with Crippen LogP contribution in [0, 0.1) is 12.8 Å². The van der Waals surface area contributed by atoms with Crippen molar-refractivity contribution in [2.45, 2.75) is 32.6 Å². The lowest BCUT2D eigenvalue weighted by atomic mass is 9.97. The van der Waals surface area contributed by atoms with Gasteiger partial charge in [0.05, 0.1) is 17.4 Å². The molecular weight excluding hydrogens is 334 g/mol. The molecule has 5 heteroatoms. The highest BCUT2D eigenvalue weighted by Crippen LogP contribution is 2.30. The molecule has 3 aromatic rings. The normalized spacial score (nSPS) is 15.6. The van der Waals surface area contributed by atoms with Crippen molar-refractivity contribution in [1.82, 2.24) is 15.2 Å². The highest BCUT2D eigenvalue weighted by molar-refractivity contribution is 5.86. The third-order valence-electron chi connectivity index (χ3n) is 5.67. The summed E-state index contributed by atoms with van der Waals surface area (Å²) in [4.78, 5) is 0. The highest BCUT2D eigenvalue weighted by Gasteiger charge is 2.19. The molecule has 5 N–H and O–H groups in total. The van der Waals surface area contributed by atoms with Crippen LogP contribution < -0.4 is 11.6 Å². The smallest absolute Gasteiger partial charge is 0.0744 e. The fourth-order valence-corrected chi connectivity index (χ4v) is 4.16. The van der Waals surface area contributed by atoms with Crippen LogP contribution in [-0.4, -0.2) is 21.8 Å². The Morgan fingerprint density at radius 2 is 1.96 bits per heavy atom. The molecule has 5 nitrogen and oxygen atoms in total. The fourth-order valence-electron chi connectivity index (χ4n) is 4.16. The maximum atomic E-state index is 6.34. The molecule has 4 rings (SSSR count). The Bertz CT molecular complexity index is 948. The van der Waals surface area contributed by atoms with Crippen LogP contribution >= 0.6 is 0 Å². The second kappa shape index (κ2) is 7.45. The first-order valence-corrected chi connectivity index (χ1v) is 9.64. The van der Waals surface area contributed by atoms with Crippen LogP contribution in [0.3, 0.4) is 0 Å². The summed E-state index contributed by atoms with van der Waals surface area (Å²) in [5.74, 6) is 7.01. The Morgan fingerprint density at radius 3 is 2.67 bits per heavy atom. The Kier molecular flexibility index (Phi) is 4.86. The summed E-state index contributed by atoms with van der Waals surface area (Å²) in [5.41, 5.74) is 12.5. The van der Waals surface area contributed by atoms with E-state index in [1.807, 2.05) is 11.2 Å². The zero-order valence-corrected chi connectivity index (χ0v) is 15.8. The van der Waals surface area contributed by atoms with Gasteiger partial charge >= 0.3 is 0 Å². The number of nitrogens with zero attached hydrogens (tertiary/aromatic N) is 2. The lowest BCUT2D eigenvalue weighted by Gasteiger charge is -2.25. The minimum Gasteiger partial charge on any atom is -0.403 e. The molecule has 0 radical (unpaired) electrons. The number of hydrogen-bond donors (Lipinski definition) is 3. The molecule has 0 spiro atoms. The van der Waals surface area contributed by atoms with Gasteiger partial charge in [-0.2, -0.15) is 5.10 Å². The van der Waals surface area contributed by atoms with Gasteiger partial charge in [-0.25, -0.2) is 5.84 Å². The topological polar surface area (TPSA) is 84.0 Å². The van der Waals surface area contributed by atoms with Gasteiger partial charge in [-0.1, -0.05) is 37.1 Å². The van der Waals surface area contributed by atoms with E-state index in [1.165, 1.54) is 42.4 Å². The number of nitrogens with two attached hydrogens (primary N) is 2. The molecule has 1 aliphatic carbocycles. The number of aromatic nitrogens is 2. The Hall–Kier alpha value is -2.79. The largest absolute Gasteiger partial charge is 0.403 e. The summed E-state index contributed by atoms with van der Waals surface area (Å²) >= 11 is 0. The number of H-pyrrole nitrogens is 1. The van der Waals surface area contributed by atoms with Crippen molar-refractivity contribution < 1.29 is 0 Å². The molecule has 1 aliphatic rings. The molecule has 1 aromatic heterocycles. The average molecular weight is 361 g/mol. The van der Waals surface area contributed by atoms with Gasteiger partial charge in [0, 0.05) is 23.7 Å². The van der Waals surface area contributed by atoms with Gasteiger partial charge in [-0.15, -0.1) is 0 Å². The van der Waals surface area contributed by atoms with Crippen LogP contribution in [-0.2, 0) is 0 Å². The molecule has 0 unspecified atom stereocenters. The number of nitrogens with one attached hydrogen (secondary N) is 1. The number of hydrogen-bond acceptors (Lipinski definition) is 4. The van der Waals surface area contributed by atoms with Gasteiger partial charge in [0.25, 0.3) is 0 Å². The molecule has 0 amide bonds. The molecular formula is C22H27N5. The third kappa shape index (κ3) is 3.55. The predicted molar refractivity (Wildman–Crippen MR) is 111 cm³/mol. The van der Waals surface area contributed by atoms with Crippen molar-refractivity contribution in [2.24, 2.45) is 17.5 Å². The van der Waals surface area contributed by atoms with E-state index in [0.717, 1.165) is 28.7 Å². The zero-order chi connectivity index (χ0) is 18.8. The summed E-state index contributed by atoms with van der Waals surface area (Å²) in [7, 11) is 0. The first-order valence-electron chi connectivity index (χ1n) is 9.64. The number of hydrazine groups is 1. The van der Waals surface area contributed by atoms with E-state index in [0.29, 0.717) is 5.92 Å². The molecule has 0 atom stereocenters. The van der Waals surface area contributed by atoms with Gasteiger partial charge in [0.1, 0.15) is 0 Å². The standard InChI is InChI=1S/C22H27N5/c1-15-10-21-19(13-25-26-21)11-20(15)17-6-8-18(9-7-17)22(12-23)27(24)14-16-4-2-3-5-16/h6-13,16H,2-5,14,23-24H2,1H3,(H,25,26)/b22-12-. The molecule has 1 saturated carbocycles. The number of rotatable bonds is 5. The van der Waals surface area contributed by atoms with Gasteiger partial charge < -0.3 is 10.7 Å². The molecule has 2 aromatic carbocycles. The van der Waals surface area contributed by atoms with E-state index in [2.05, 4.69) is 53.5 Å². The van der Waals surface area contributed by atoms with Crippen LogP contribution in [0.5, 0.6) is 0 Å². The first kappa shape index (κ1) is 17.6. The molecule has 1 fully saturated rings. The highest BCUT2D eigenvalue weighted by atomic mass is 15.4. The van der Waals surface area contributed by atoms with E-state index >= 15 is 0 Å². The van der Waals surface area contributed by atoms with Gasteiger partial charge in [-0.05, 0) is 54.5 Å². The molecule has 0 saturated heterocycles. The summed E-state index contributed by atoms with van der Waals surface area (Å²) < 4.78 is 0. The minimum atomic E-state index is 0.675. The van der Waals surface area contributed by atoms with Crippen LogP contribution in [0.25, 0.3) is 27.7 Å². The van der Waals surface area contributed by atoms with Crippen molar-refractivity contribution >= 4 is 16.6 Å². The number of benzene rings is 2. The Balaban J connectivity index is 1.57. The number of aromatic amines is 1. The average Bonchev–Trinajstić information content (AvgIpc) is 3.33. The second-order valence-corrected chi connectivity index (χ2v) is 7.56. The van der Waals surface area contributed by atoms with Crippen LogP contribution in [0.1, 0.15) is 36.8 Å². The predicted octanol–water partition coefficient (Wildman–Crippen LogP) is 4.16. The molecule has 1 heterocycles. The minimum absolute atomic E-state index is 0.675. The molecule has 140 valence electrons. The first-order chi connectivity index (χ1) is 13.2. The van der Waals surface area contributed by atoms with E-state index in [9.17, 15) is 0 Å². The van der Waals surface area contributed by atoms with E-state index in [-0.39, 0.29) is 0 Å². The van der Waals surface area contributed by atoms with Gasteiger partial charge in [-0.3, -0.25) is 5.10 Å². The van der Waals surface area contributed by atoms with Crippen LogP contribution in [0.15, 0.2) is 48.8 Å². The fraction of sp³-hybridized carbons (Fsp3) is 0.318.